The summed E-state index contributed by atoms with van der Waals surface area (Å²) in [6, 6.07) is 0. The molecule has 2 nitrogen and oxygen atoms in total. The standard InChI is InChI=1S/C10H14O2/c1-8(2)9-3-5-10(6-4-9)12-7-11/h3,5,7-8H,4,6H2,1-2H3. The van der Waals surface area contributed by atoms with Crippen LogP contribution < -0.4 is 0 Å². The minimum absolute atomic E-state index is 0.486. The summed E-state index contributed by atoms with van der Waals surface area (Å²) in [5.41, 5.74) is 1.42. The van der Waals surface area contributed by atoms with Gasteiger partial charge in [0.15, 0.2) is 0 Å². The Hall–Kier alpha value is -1.05. The number of hydrogen-bond acceptors (Lipinski definition) is 2. The van der Waals surface area contributed by atoms with Crippen molar-refractivity contribution < 1.29 is 9.53 Å². The first-order chi connectivity index (χ1) is 5.74. The van der Waals surface area contributed by atoms with Crippen LogP contribution in [0.3, 0.4) is 0 Å². The molecule has 0 aromatic rings. The van der Waals surface area contributed by atoms with Gasteiger partial charge in [0.1, 0.15) is 5.76 Å². The van der Waals surface area contributed by atoms with Crippen LogP contribution in [0.4, 0.5) is 0 Å². The largest absolute Gasteiger partial charge is 0.433 e. The smallest absolute Gasteiger partial charge is 0.298 e. The fourth-order valence-electron chi connectivity index (χ4n) is 1.28. The summed E-state index contributed by atoms with van der Waals surface area (Å²) in [4.78, 5) is 10.0. The molecule has 0 bridgehead atoms. The van der Waals surface area contributed by atoms with Crippen LogP contribution in [0.25, 0.3) is 0 Å². The molecule has 1 aliphatic rings. The molecule has 1 rings (SSSR count). The van der Waals surface area contributed by atoms with Gasteiger partial charge in [-0.25, -0.2) is 0 Å². The molecule has 0 aromatic heterocycles. The van der Waals surface area contributed by atoms with Crippen molar-refractivity contribution in [3.63, 3.8) is 0 Å². The molecule has 0 N–H and O–H groups in total. The zero-order chi connectivity index (χ0) is 8.97. The summed E-state index contributed by atoms with van der Waals surface area (Å²) >= 11 is 0. The molecule has 0 heterocycles. The summed E-state index contributed by atoms with van der Waals surface area (Å²) in [6.07, 6.45) is 5.79. The van der Waals surface area contributed by atoms with Gasteiger partial charge >= 0.3 is 0 Å². The van der Waals surface area contributed by atoms with Gasteiger partial charge in [-0.2, -0.15) is 0 Å². The second-order valence-corrected chi connectivity index (χ2v) is 3.24. The lowest BCUT2D eigenvalue weighted by molar-refractivity contribution is -0.125. The molecule has 0 spiro atoms. The van der Waals surface area contributed by atoms with E-state index < -0.39 is 0 Å². The van der Waals surface area contributed by atoms with Crippen molar-refractivity contribution in [3.8, 4) is 0 Å². The maximum Gasteiger partial charge on any atom is 0.298 e. The van der Waals surface area contributed by atoms with E-state index in [0.29, 0.717) is 12.4 Å². The molecule has 0 saturated carbocycles. The van der Waals surface area contributed by atoms with Crippen LogP contribution in [-0.4, -0.2) is 6.47 Å². The van der Waals surface area contributed by atoms with Crippen molar-refractivity contribution in [2.75, 3.05) is 0 Å². The van der Waals surface area contributed by atoms with Crippen LogP contribution in [0.2, 0.25) is 0 Å². The van der Waals surface area contributed by atoms with Crippen molar-refractivity contribution in [2.24, 2.45) is 5.92 Å². The van der Waals surface area contributed by atoms with Crippen LogP contribution in [-0.2, 0) is 9.53 Å². The van der Waals surface area contributed by atoms with Gasteiger partial charge in [-0.05, 0) is 18.4 Å². The third-order valence-electron chi connectivity index (χ3n) is 2.08. The summed E-state index contributed by atoms with van der Waals surface area (Å²) < 4.78 is 4.75. The van der Waals surface area contributed by atoms with Crippen LogP contribution in [0.15, 0.2) is 23.5 Å². The van der Waals surface area contributed by atoms with Crippen LogP contribution in [0, 0.1) is 5.92 Å². The Kier molecular flexibility index (Phi) is 3.09. The van der Waals surface area contributed by atoms with Crippen molar-refractivity contribution in [2.45, 2.75) is 26.7 Å². The molecule has 12 heavy (non-hydrogen) atoms. The molecule has 0 unspecified atom stereocenters. The molecule has 1 aliphatic carbocycles. The van der Waals surface area contributed by atoms with E-state index in [2.05, 4.69) is 13.8 Å². The molecule has 0 aromatic carbocycles. The fourth-order valence-corrected chi connectivity index (χ4v) is 1.28. The normalized spacial score (nSPS) is 16.9. The molecule has 0 saturated heterocycles. The summed E-state index contributed by atoms with van der Waals surface area (Å²) in [6.45, 7) is 4.83. The third kappa shape index (κ3) is 2.22. The average Bonchev–Trinajstić information content (AvgIpc) is 2.06. The first-order valence-electron chi connectivity index (χ1n) is 4.24. The van der Waals surface area contributed by atoms with E-state index in [9.17, 15) is 4.79 Å². The first kappa shape index (κ1) is 9.04. The predicted octanol–water partition coefficient (Wildman–Crippen LogP) is 2.42. The van der Waals surface area contributed by atoms with E-state index in [1.54, 1.807) is 0 Å². The average molecular weight is 166 g/mol. The lowest BCUT2D eigenvalue weighted by atomic mass is 9.94. The van der Waals surface area contributed by atoms with E-state index in [1.165, 1.54) is 5.57 Å². The Morgan fingerprint density at radius 3 is 2.58 bits per heavy atom. The van der Waals surface area contributed by atoms with Gasteiger partial charge in [0, 0.05) is 6.42 Å². The van der Waals surface area contributed by atoms with Gasteiger partial charge in [0.05, 0.1) is 0 Å². The van der Waals surface area contributed by atoms with E-state index in [-0.39, 0.29) is 0 Å². The fraction of sp³-hybridized carbons (Fsp3) is 0.500. The Morgan fingerprint density at radius 1 is 1.42 bits per heavy atom. The lowest BCUT2D eigenvalue weighted by Gasteiger charge is -2.15. The number of carbonyl (C=O) groups is 1. The molecule has 2 heteroatoms. The third-order valence-corrected chi connectivity index (χ3v) is 2.08. The van der Waals surface area contributed by atoms with Gasteiger partial charge < -0.3 is 4.74 Å². The highest BCUT2D eigenvalue weighted by atomic mass is 16.5. The second-order valence-electron chi connectivity index (χ2n) is 3.24. The maximum absolute atomic E-state index is 10.0. The Labute approximate surface area is 72.9 Å². The summed E-state index contributed by atoms with van der Waals surface area (Å²) in [5.74, 6) is 1.37. The quantitative estimate of drug-likeness (QED) is 0.602. The zero-order valence-electron chi connectivity index (χ0n) is 7.54. The molecule has 0 fully saturated rings. The van der Waals surface area contributed by atoms with Gasteiger partial charge in [-0.15, -0.1) is 0 Å². The molecule has 0 atom stereocenters. The molecule has 0 radical (unpaired) electrons. The predicted molar refractivity (Wildman–Crippen MR) is 47.4 cm³/mol. The van der Waals surface area contributed by atoms with Gasteiger partial charge in [-0.1, -0.05) is 25.5 Å². The lowest BCUT2D eigenvalue weighted by Crippen LogP contribution is -2.01. The zero-order valence-corrected chi connectivity index (χ0v) is 7.54. The number of rotatable bonds is 3. The number of carbonyl (C=O) groups excluding carboxylic acids is 1. The van der Waals surface area contributed by atoms with Crippen molar-refractivity contribution in [1.82, 2.24) is 0 Å². The summed E-state index contributed by atoms with van der Waals surface area (Å²) in [7, 11) is 0. The van der Waals surface area contributed by atoms with Gasteiger partial charge in [-0.3, -0.25) is 4.79 Å². The minimum Gasteiger partial charge on any atom is -0.433 e. The summed E-state index contributed by atoms with van der Waals surface area (Å²) in [5, 5.41) is 0. The van der Waals surface area contributed by atoms with E-state index in [0.717, 1.165) is 18.6 Å². The highest BCUT2D eigenvalue weighted by Gasteiger charge is 2.09. The second kappa shape index (κ2) is 4.10. The number of hydrogen-bond donors (Lipinski definition) is 0. The number of allylic oxidation sites excluding steroid dienone is 4. The molecular weight excluding hydrogens is 152 g/mol. The molecule has 0 aliphatic heterocycles. The molecule has 0 amide bonds. The highest BCUT2D eigenvalue weighted by Crippen LogP contribution is 2.23. The maximum atomic E-state index is 10.0. The minimum atomic E-state index is 0.486. The van der Waals surface area contributed by atoms with E-state index >= 15 is 0 Å². The van der Waals surface area contributed by atoms with Gasteiger partial charge in [0.2, 0.25) is 0 Å². The monoisotopic (exact) mass is 166 g/mol. The van der Waals surface area contributed by atoms with Crippen LogP contribution in [0.1, 0.15) is 26.7 Å². The Morgan fingerprint density at radius 2 is 2.17 bits per heavy atom. The van der Waals surface area contributed by atoms with Gasteiger partial charge in [0.25, 0.3) is 6.47 Å². The van der Waals surface area contributed by atoms with Crippen molar-refractivity contribution in [3.05, 3.63) is 23.5 Å². The topological polar surface area (TPSA) is 26.3 Å². The Balaban J connectivity index is 2.59. The molecular formula is C10H14O2. The molecule has 66 valence electrons. The SMILES string of the molecule is CC(C)C1=CC=C(OC=O)CC1. The van der Waals surface area contributed by atoms with Crippen molar-refractivity contribution in [1.29, 1.82) is 0 Å². The Bertz CT molecular complexity index is 224. The van der Waals surface area contributed by atoms with E-state index in [4.69, 9.17) is 4.74 Å². The number of ether oxygens (including phenoxy) is 1. The first-order valence-corrected chi connectivity index (χ1v) is 4.24. The van der Waals surface area contributed by atoms with Crippen LogP contribution in [0.5, 0.6) is 0 Å². The van der Waals surface area contributed by atoms with E-state index in [1.807, 2.05) is 12.2 Å². The van der Waals surface area contributed by atoms with Crippen molar-refractivity contribution >= 4 is 6.47 Å². The highest BCUT2D eigenvalue weighted by molar-refractivity contribution is 5.41. The van der Waals surface area contributed by atoms with Crippen LogP contribution >= 0.6 is 0 Å².